The van der Waals surface area contributed by atoms with Crippen LogP contribution in [0.2, 0.25) is 0 Å². The summed E-state index contributed by atoms with van der Waals surface area (Å²) in [6.07, 6.45) is 8.34. The molecule has 0 saturated carbocycles. The minimum atomic E-state index is 0.643. The highest BCUT2D eigenvalue weighted by Crippen LogP contribution is 2.26. The molecule has 0 amide bonds. The molecule has 1 saturated heterocycles. The summed E-state index contributed by atoms with van der Waals surface area (Å²) in [5.41, 5.74) is 1.28. The van der Waals surface area contributed by atoms with Crippen LogP contribution in [0.1, 0.15) is 43.7 Å². The topological polar surface area (TPSA) is 27.1 Å². The minimum Gasteiger partial charge on any atom is -0.381 e. The standard InChI is InChI=1S/C13H20N2O/c1-10-3-2-4-13-14-12(8-15(10)13)7-11-5-6-16-9-11/h8,10-11H,2-7,9H2,1H3. The van der Waals surface area contributed by atoms with Crippen molar-refractivity contribution in [1.29, 1.82) is 0 Å². The van der Waals surface area contributed by atoms with E-state index in [1.807, 2.05) is 0 Å². The van der Waals surface area contributed by atoms with Crippen molar-refractivity contribution in [2.45, 2.75) is 45.1 Å². The Balaban J connectivity index is 1.75. The number of nitrogens with zero attached hydrogens (tertiary/aromatic N) is 2. The van der Waals surface area contributed by atoms with Crippen LogP contribution in [-0.2, 0) is 17.6 Å². The molecule has 88 valence electrons. The van der Waals surface area contributed by atoms with E-state index in [-0.39, 0.29) is 0 Å². The van der Waals surface area contributed by atoms with E-state index in [0.717, 1.165) is 26.1 Å². The van der Waals surface area contributed by atoms with Gasteiger partial charge in [-0.25, -0.2) is 4.98 Å². The highest BCUT2D eigenvalue weighted by molar-refractivity contribution is 5.09. The molecule has 1 fully saturated rings. The lowest BCUT2D eigenvalue weighted by Crippen LogP contribution is -2.14. The van der Waals surface area contributed by atoms with Gasteiger partial charge in [-0.3, -0.25) is 0 Å². The lowest BCUT2D eigenvalue weighted by molar-refractivity contribution is 0.185. The first-order valence-electron chi connectivity index (χ1n) is 6.47. The van der Waals surface area contributed by atoms with Gasteiger partial charge in [0.05, 0.1) is 5.69 Å². The number of ether oxygens (including phenoxy) is 1. The predicted molar refractivity (Wildman–Crippen MR) is 62.5 cm³/mol. The van der Waals surface area contributed by atoms with Gasteiger partial charge in [0.2, 0.25) is 0 Å². The van der Waals surface area contributed by atoms with Crippen molar-refractivity contribution >= 4 is 0 Å². The molecule has 0 radical (unpaired) electrons. The Morgan fingerprint density at radius 1 is 1.50 bits per heavy atom. The van der Waals surface area contributed by atoms with Crippen LogP contribution in [0.3, 0.4) is 0 Å². The lowest BCUT2D eigenvalue weighted by Gasteiger charge is -2.20. The molecule has 0 bridgehead atoms. The van der Waals surface area contributed by atoms with Crippen molar-refractivity contribution in [1.82, 2.24) is 9.55 Å². The SMILES string of the molecule is CC1CCCc2nc(CC3CCOC3)cn21. The van der Waals surface area contributed by atoms with Gasteiger partial charge >= 0.3 is 0 Å². The van der Waals surface area contributed by atoms with Gasteiger partial charge in [-0.1, -0.05) is 0 Å². The van der Waals surface area contributed by atoms with Gasteiger partial charge in [-0.15, -0.1) is 0 Å². The number of imidazole rings is 1. The molecule has 0 N–H and O–H groups in total. The molecular formula is C13H20N2O. The summed E-state index contributed by atoms with van der Waals surface area (Å²) in [7, 11) is 0. The fourth-order valence-corrected chi connectivity index (χ4v) is 2.89. The summed E-state index contributed by atoms with van der Waals surface area (Å²) < 4.78 is 7.80. The zero-order valence-electron chi connectivity index (χ0n) is 9.98. The molecule has 16 heavy (non-hydrogen) atoms. The summed E-state index contributed by atoms with van der Waals surface area (Å²) in [5, 5.41) is 0. The minimum absolute atomic E-state index is 0.643. The first kappa shape index (κ1) is 10.3. The van der Waals surface area contributed by atoms with Crippen LogP contribution in [0, 0.1) is 5.92 Å². The number of aryl methyl sites for hydroxylation is 1. The predicted octanol–water partition coefficient (Wildman–Crippen LogP) is 2.36. The maximum absolute atomic E-state index is 5.42. The van der Waals surface area contributed by atoms with Crippen molar-refractivity contribution in [3.05, 3.63) is 17.7 Å². The maximum atomic E-state index is 5.42. The summed E-state index contributed by atoms with van der Waals surface area (Å²) in [6, 6.07) is 0.643. The van der Waals surface area contributed by atoms with Crippen molar-refractivity contribution in [2.24, 2.45) is 5.92 Å². The third-order valence-electron chi connectivity index (χ3n) is 3.88. The van der Waals surface area contributed by atoms with Crippen LogP contribution in [0.15, 0.2) is 6.20 Å². The van der Waals surface area contributed by atoms with Gasteiger partial charge in [0.15, 0.2) is 0 Å². The zero-order chi connectivity index (χ0) is 11.0. The second kappa shape index (κ2) is 4.21. The number of hydrogen-bond acceptors (Lipinski definition) is 2. The van der Waals surface area contributed by atoms with Gasteiger partial charge < -0.3 is 9.30 Å². The highest BCUT2D eigenvalue weighted by Gasteiger charge is 2.21. The molecule has 2 atom stereocenters. The molecule has 2 aliphatic heterocycles. The Hall–Kier alpha value is -0.830. The summed E-state index contributed by atoms with van der Waals surface area (Å²) in [6.45, 7) is 4.17. The molecule has 3 rings (SSSR count). The molecule has 0 aromatic carbocycles. The van der Waals surface area contributed by atoms with Gasteiger partial charge in [-0.2, -0.15) is 0 Å². The van der Waals surface area contributed by atoms with E-state index < -0.39 is 0 Å². The molecule has 2 aliphatic rings. The molecule has 0 spiro atoms. The van der Waals surface area contributed by atoms with Crippen molar-refractivity contribution in [3.8, 4) is 0 Å². The lowest BCUT2D eigenvalue weighted by atomic mass is 10.0. The van der Waals surface area contributed by atoms with E-state index in [2.05, 4.69) is 17.7 Å². The van der Waals surface area contributed by atoms with Crippen LogP contribution < -0.4 is 0 Å². The fraction of sp³-hybridized carbons (Fsp3) is 0.769. The first-order valence-corrected chi connectivity index (χ1v) is 6.47. The van der Waals surface area contributed by atoms with Crippen LogP contribution in [0.4, 0.5) is 0 Å². The van der Waals surface area contributed by atoms with E-state index in [1.54, 1.807) is 0 Å². The second-order valence-electron chi connectivity index (χ2n) is 5.23. The summed E-state index contributed by atoms with van der Waals surface area (Å²) in [4.78, 5) is 4.77. The van der Waals surface area contributed by atoms with E-state index in [1.165, 1.54) is 30.8 Å². The Morgan fingerprint density at radius 3 is 3.19 bits per heavy atom. The molecule has 3 nitrogen and oxygen atoms in total. The van der Waals surface area contributed by atoms with Gasteiger partial charge in [0, 0.05) is 31.9 Å². The van der Waals surface area contributed by atoms with E-state index in [9.17, 15) is 0 Å². The van der Waals surface area contributed by atoms with Crippen LogP contribution in [-0.4, -0.2) is 22.8 Å². The molecule has 2 unspecified atom stereocenters. The van der Waals surface area contributed by atoms with Crippen LogP contribution in [0.25, 0.3) is 0 Å². The Morgan fingerprint density at radius 2 is 2.44 bits per heavy atom. The van der Waals surface area contributed by atoms with E-state index >= 15 is 0 Å². The second-order valence-corrected chi connectivity index (χ2v) is 5.23. The Labute approximate surface area is 96.8 Å². The van der Waals surface area contributed by atoms with Gasteiger partial charge in [-0.05, 0) is 38.5 Å². The molecule has 1 aromatic heterocycles. The highest BCUT2D eigenvalue weighted by atomic mass is 16.5. The normalized spacial score (nSPS) is 29.3. The number of rotatable bonds is 2. The van der Waals surface area contributed by atoms with Crippen molar-refractivity contribution < 1.29 is 4.74 Å². The summed E-state index contributed by atoms with van der Waals surface area (Å²) >= 11 is 0. The Kier molecular flexibility index (Phi) is 2.72. The fourth-order valence-electron chi connectivity index (χ4n) is 2.89. The average Bonchev–Trinajstić information content (AvgIpc) is 2.88. The quantitative estimate of drug-likeness (QED) is 0.765. The third-order valence-corrected chi connectivity index (χ3v) is 3.88. The zero-order valence-corrected chi connectivity index (χ0v) is 9.98. The molecule has 3 heteroatoms. The monoisotopic (exact) mass is 220 g/mol. The number of aromatic nitrogens is 2. The van der Waals surface area contributed by atoms with Crippen molar-refractivity contribution in [2.75, 3.05) is 13.2 Å². The van der Waals surface area contributed by atoms with E-state index in [0.29, 0.717) is 12.0 Å². The van der Waals surface area contributed by atoms with Gasteiger partial charge in [0.25, 0.3) is 0 Å². The van der Waals surface area contributed by atoms with Gasteiger partial charge in [0.1, 0.15) is 5.82 Å². The third kappa shape index (κ3) is 1.88. The summed E-state index contributed by atoms with van der Waals surface area (Å²) in [5.74, 6) is 2.00. The largest absolute Gasteiger partial charge is 0.381 e. The number of hydrogen-bond donors (Lipinski definition) is 0. The first-order chi connectivity index (χ1) is 7.83. The van der Waals surface area contributed by atoms with Crippen LogP contribution in [0.5, 0.6) is 0 Å². The number of fused-ring (bicyclic) bond motifs is 1. The average molecular weight is 220 g/mol. The van der Waals surface area contributed by atoms with E-state index in [4.69, 9.17) is 9.72 Å². The van der Waals surface area contributed by atoms with Crippen LogP contribution >= 0.6 is 0 Å². The molecule has 3 heterocycles. The maximum Gasteiger partial charge on any atom is 0.109 e. The molecular weight excluding hydrogens is 200 g/mol. The smallest absolute Gasteiger partial charge is 0.109 e. The Bertz CT molecular complexity index is 366. The molecule has 1 aromatic rings. The van der Waals surface area contributed by atoms with Crippen molar-refractivity contribution in [3.63, 3.8) is 0 Å². The molecule has 0 aliphatic carbocycles.